The number of aryl methyl sites for hydroxylation is 1. The summed E-state index contributed by atoms with van der Waals surface area (Å²) in [5.74, 6) is -0.190. The van der Waals surface area contributed by atoms with Gasteiger partial charge in [-0.3, -0.25) is 0 Å². The number of carbonyl (C=O) groups is 1. The van der Waals surface area contributed by atoms with Crippen molar-refractivity contribution in [3.63, 3.8) is 0 Å². The molecule has 0 radical (unpaired) electrons. The maximum atomic E-state index is 12.2. The van der Waals surface area contributed by atoms with Gasteiger partial charge in [0, 0.05) is 25.4 Å². The van der Waals surface area contributed by atoms with E-state index in [1.54, 1.807) is 0 Å². The van der Waals surface area contributed by atoms with Gasteiger partial charge in [0.05, 0.1) is 6.61 Å². The summed E-state index contributed by atoms with van der Waals surface area (Å²) in [5.41, 5.74) is 5.31. The van der Waals surface area contributed by atoms with E-state index in [1.165, 1.54) is 11.3 Å². The molecule has 3 heteroatoms. The SMILES string of the molecule is CCOC(=O)C1=C(c2ccccc2C)C=C(N(C)C)CC1. The Hall–Kier alpha value is -2.03. The van der Waals surface area contributed by atoms with Crippen LogP contribution >= 0.6 is 0 Å². The van der Waals surface area contributed by atoms with Crippen molar-refractivity contribution in [3.8, 4) is 0 Å². The molecule has 0 fully saturated rings. The van der Waals surface area contributed by atoms with Crippen LogP contribution in [0.15, 0.2) is 41.6 Å². The topological polar surface area (TPSA) is 29.5 Å². The van der Waals surface area contributed by atoms with Crippen LogP contribution in [0, 0.1) is 6.92 Å². The number of ether oxygens (including phenoxy) is 1. The first-order valence-corrected chi connectivity index (χ1v) is 7.38. The van der Waals surface area contributed by atoms with Crippen molar-refractivity contribution in [3.05, 3.63) is 52.7 Å². The molecule has 112 valence electrons. The summed E-state index contributed by atoms with van der Waals surface area (Å²) in [5, 5.41) is 0. The van der Waals surface area contributed by atoms with Crippen LogP contribution < -0.4 is 0 Å². The lowest BCUT2D eigenvalue weighted by atomic mass is 9.88. The lowest BCUT2D eigenvalue weighted by Gasteiger charge is -2.25. The summed E-state index contributed by atoms with van der Waals surface area (Å²) in [6, 6.07) is 8.17. The summed E-state index contributed by atoms with van der Waals surface area (Å²) >= 11 is 0. The van der Waals surface area contributed by atoms with E-state index in [0.717, 1.165) is 29.6 Å². The third kappa shape index (κ3) is 3.35. The zero-order valence-electron chi connectivity index (χ0n) is 13.3. The van der Waals surface area contributed by atoms with Crippen molar-refractivity contribution in [2.24, 2.45) is 0 Å². The van der Waals surface area contributed by atoms with E-state index in [0.29, 0.717) is 6.61 Å². The van der Waals surface area contributed by atoms with Crippen LogP contribution in [0.2, 0.25) is 0 Å². The molecule has 0 aliphatic heterocycles. The Morgan fingerprint density at radius 3 is 2.57 bits per heavy atom. The molecule has 1 aromatic carbocycles. The molecule has 0 atom stereocenters. The first kappa shape index (κ1) is 15.4. The van der Waals surface area contributed by atoms with E-state index in [-0.39, 0.29) is 5.97 Å². The number of esters is 1. The van der Waals surface area contributed by atoms with E-state index in [2.05, 4.69) is 30.0 Å². The van der Waals surface area contributed by atoms with Gasteiger partial charge in [-0.25, -0.2) is 4.79 Å². The smallest absolute Gasteiger partial charge is 0.334 e. The number of hydrogen-bond donors (Lipinski definition) is 0. The Morgan fingerprint density at radius 2 is 1.95 bits per heavy atom. The molecule has 2 rings (SSSR count). The van der Waals surface area contributed by atoms with Crippen molar-refractivity contribution in [1.82, 2.24) is 4.90 Å². The predicted octanol–water partition coefficient (Wildman–Crippen LogP) is 3.55. The van der Waals surface area contributed by atoms with Gasteiger partial charge >= 0.3 is 5.97 Å². The molecule has 0 amide bonds. The largest absolute Gasteiger partial charge is 0.463 e. The second-order valence-electron chi connectivity index (χ2n) is 5.46. The molecule has 0 saturated carbocycles. The second kappa shape index (κ2) is 6.61. The first-order chi connectivity index (χ1) is 10.0. The zero-order chi connectivity index (χ0) is 15.4. The van der Waals surface area contributed by atoms with E-state index in [9.17, 15) is 4.79 Å². The summed E-state index contributed by atoms with van der Waals surface area (Å²) in [7, 11) is 4.08. The van der Waals surface area contributed by atoms with Crippen LogP contribution in [0.1, 0.15) is 30.9 Å². The molecule has 0 N–H and O–H groups in total. The van der Waals surface area contributed by atoms with Gasteiger partial charge in [0.15, 0.2) is 0 Å². The van der Waals surface area contributed by atoms with Gasteiger partial charge in [0.25, 0.3) is 0 Å². The fraction of sp³-hybridized carbons (Fsp3) is 0.389. The Labute approximate surface area is 126 Å². The van der Waals surface area contributed by atoms with Crippen LogP contribution in [-0.2, 0) is 9.53 Å². The van der Waals surface area contributed by atoms with Crippen LogP contribution in [0.5, 0.6) is 0 Å². The second-order valence-corrected chi connectivity index (χ2v) is 5.46. The fourth-order valence-corrected chi connectivity index (χ4v) is 2.61. The van der Waals surface area contributed by atoms with E-state index in [4.69, 9.17) is 4.74 Å². The van der Waals surface area contributed by atoms with Gasteiger partial charge < -0.3 is 9.64 Å². The van der Waals surface area contributed by atoms with Gasteiger partial charge in [-0.2, -0.15) is 0 Å². The summed E-state index contributed by atoms with van der Waals surface area (Å²) in [6.07, 6.45) is 3.72. The highest BCUT2D eigenvalue weighted by Crippen LogP contribution is 2.33. The number of nitrogens with zero attached hydrogens (tertiary/aromatic N) is 1. The molecule has 3 nitrogen and oxygen atoms in total. The van der Waals surface area contributed by atoms with Crippen molar-refractivity contribution >= 4 is 11.5 Å². The van der Waals surface area contributed by atoms with Crippen molar-refractivity contribution in [2.75, 3.05) is 20.7 Å². The van der Waals surface area contributed by atoms with E-state index < -0.39 is 0 Å². The predicted molar refractivity (Wildman–Crippen MR) is 85.7 cm³/mol. The number of carbonyl (C=O) groups excluding carboxylic acids is 1. The van der Waals surface area contributed by atoms with Gasteiger partial charge in [0.2, 0.25) is 0 Å². The molecule has 1 aliphatic carbocycles. The van der Waals surface area contributed by atoms with Gasteiger partial charge in [0.1, 0.15) is 0 Å². The highest BCUT2D eigenvalue weighted by molar-refractivity contribution is 6.01. The normalized spacial score (nSPS) is 14.8. The maximum Gasteiger partial charge on any atom is 0.334 e. The fourth-order valence-electron chi connectivity index (χ4n) is 2.61. The molecule has 21 heavy (non-hydrogen) atoms. The summed E-state index contributed by atoms with van der Waals surface area (Å²) in [6.45, 7) is 4.33. The number of rotatable bonds is 4. The lowest BCUT2D eigenvalue weighted by molar-refractivity contribution is -0.138. The minimum Gasteiger partial charge on any atom is -0.463 e. The first-order valence-electron chi connectivity index (χ1n) is 7.38. The average molecular weight is 285 g/mol. The number of hydrogen-bond acceptors (Lipinski definition) is 3. The highest BCUT2D eigenvalue weighted by atomic mass is 16.5. The number of allylic oxidation sites excluding steroid dienone is 3. The highest BCUT2D eigenvalue weighted by Gasteiger charge is 2.22. The van der Waals surface area contributed by atoms with Crippen LogP contribution in [0.3, 0.4) is 0 Å². The third-order valence-electron chi connectivity index (χ3n) is 3.80. The maximum absolute atomic E-state index is 12.2. The Bertz CT molecular complexity index is 597. The standard InChI is InChI=1S/C18H23NO2/c1-5-21-18(20)16-11-10-14(19(3)4)12-17(16)15-9-7-6-8-13(15)2/h6-9,12H,5,10-11H2,1-4H3. The Balaban J connectivity index is 2.55. The van der Waals surface area contributed by atoms with Crippen LogP contribution in [0.4, 0.5) is 0 Å². The van der Waals surface area contributed by atoms with Crippen molar-refractivity contribution < 1.29 is 9.53 Å². The molecule has 0 aromatic heterocycles. The van der Waals surface area contributed by atoms with Gasteiger partial charge in [-0.05, 0) is 49.5 Å². The quantitative estimate of drug-likeness (QED) is 0.792. The summed E-state index contributed by atoms with van der Waals surface area (Å²) in [4.78, 5) is 14.4. The number of benzene rings is 1. The molecule has 0 saturated heterocycles. The molecule has 0 spiro atoms. The zero-order valence-corrected chi connectivity index (χ0v) is 13.3. The minimum atomic E-state index is -0.190. The Morgan fingerprint density at radius 1 is 1.24 bits per heavy atom. The van der Waals surface area contributed by atoms with E-state index in [1.807, 2.05) is 33.2 Å². The van der Waals surface area contributed by atoms with Crippen LogP contribution in [-0.4, -0.2) is 31.6 Å². The molecular formula is C18H23NO2. The van der Waals surface area contributed by atoms with Crippen molar-refractivity contribution in [2.45, 2.75) is 26.7 Å². The van der Waals surface area contributed by atoms with Crippen LogP contribution in [0.25, 0.3) is 5.57 Å². The molecule has 0 unspecified atom stereocenters. The summed E-state index contributed by atoms with van der Waals surface area (Å²) < 4.78 is 5.23. The van der Waals surface area contributed by atoms with Gasteiger partial charge in [-0.1, -0.05) is 24.3 Å². The lowest BCUT2D eigenvalue weighted by Crippen LogP contribution is -2.18. The Kier molecular flexibility index (Phi) is 4.84. The minimum absolute atomic E-state index is 0.190. The molecule has 1 aliphatic rings. The van der Waals surface area contributed by atoms with E-state index >= 15 is 0 Å². The third-order valence-corrected chi connectivity index (χ3v) is 3.80. The average Bonchev–Trinajstić information content (AvgIpc) is 2.47. The van der Waals surface area contributed by atoms with Crippen molar-refractivity contribution in [1.29, 1.82) is 0 Å². The molecule has 0 heterocycles. The molecule has 0 bridgehead atoms. The molecule has 1 aromatic rings. The monoisotopic (exact) mass is 285 g/mol. The molecular weight excluding hydrogens is 262 g/mol. The van der Waals surface area contributed by atoms with Gasteiger partial charge in [-0.15, -0.1) is 0 Å².